The smallest absolute Gasteiger partial charge is 0.427 e. The fourth-order valence-corrected chi connectivity index (χ4v) is 1.06. The Morgan fingerprint density at radius 1 is 1.60 bits per heavy atom. The maximum atomic E-state index is 10.7. The molecule has 0 bridgehead atoms. The number of pyridine rings is 1. The van der Waals surface area contributed by atoms with E-state index in [9.17, 15) is 4.79 Å². The molecule has 0 fully saturated rings. The lowest BCUT2D eigenvalue weighted by Crippen LogP contribution is -2.25. The van der Waals surface area contributed by atoms with Gasteiger partial charge in [0.15, 0.2) is 0 Å². The van der Waals surface area contributed by atoms with E-state index < -0.39 is 6.09 Å². The molecule has 5 heteroatoms. The number of hydrogen-bond donors (Lipinski definition) is 1. The highest BCUT2D eigenvalue weighted by molar-refractivity contribution is 5.97. The molecule has 80 valence electrons. The first-order chi connectivity index (χ1) is 7.15. The zero-order chi connectivity index (χ0) is 11.3. The first-order valence-corrected chi connectivity index (χ1v) is 4.62. The minimum absolute atomic E-state index is 0.319. The van der Waals surface area contributed by atoms with Crippen LogP contribution in [0.15, 0.2) is 29.5 Å². The fourth-order valence-electron chi connectivity index (χ4n) is 1.06. The Morgan fingerprint density at radius 3 is 2.80 bits per heavy atom. The Labute approximate surface area is 88.1 Å². The van der Waals surface area contributed by atoms with Crippen LogP contribution in [0.25, 0.3) is 0 Å². The van der Waals surface area contributed by atoms with Crippen molar-refractivity contribution in [2.75, 3.05) is 6.54 Å². The average Bonchev–Trinajstić information content (AvgIpc) is 2.26. The van der Waals surface area contributed by atoms with Gasteiger partial charge in [-0.1, -0.05) is 6.07 Å². The predicted molar refractivity (Wildman–Crippen MR) is 56.9 cm³/mol. The molecule has 0 saturated heterocycles. The number of nitrogens with zero attached hydrogens (tertiary/aromatic N) is 3. The predicted octanol–water partition coefficient (Wildman–Crippen LogP) is 1.81. The van der Waals surface area contributed by atoms with Crippen molar-refractivity contribution < 1.29 is 9.90 Å². The summed E-state index contributed by atoms with van der Waals surface area (Å²) in [6.45, 7) is 3.77. The standard InChI is InChI=1S/C10H13N3O2/c1-3-13(10(14)15)12-8(2)9-6-4-5-7-11-9/h4-7H,3H2,1-2H3,(H,14,15). The summed E-state index contributed by atoms with van der Waals surface area (Å²) in [5.41, 5.74) is 1.26. The normalized spacial score (nSPS) is 11.2. The summed E-state index contributed by atoms with van der Waals surface area (Å²) in [5, 5.41) is 13.7. The molecule has 1 aromatic heterocycles. The molecule has 0 atom stereocenters. The topological polar surface area (TPSA) is 65.8 Å². The van der Waals surface area contributed by atoms with E-state index >= 15 is 0 Å². The van der Waals surface area contributed by atoms with E-state index in [4.69, 9.17) is 5.11 Å². The van der Waals surface area contributed by atoms with Gasteiger partial charge in [-0.2, -0.15) is 10.1 Å². The zero-order valence-electron chi connectivity index (χ0n) is 8.71. The molecule has 0 saturated carbocycles. The Bertz CT molecular complexity index is 362. The second-order valence-corrected chi connectivity index (χ2v) is 2.90. The highest BCUT2D eigenvalue weighted by atomic mass is 16.4. The third kappa shape index (κ3) is 3.05. The van der Waals surface area contributed by atoms with Gasteiger partial charge < -0.3 is 5.11 Å². The van der Waals surface area contributed by atoms with E-state index in [2.05, 4.69) is 10.1 Å². The van der Waals surface area contributed by atoms with Crippen molar-refractivity contribution in [2.45, 2.75) is 13.8 Å². The summed E-state index contributed by atoms with van der Waals surface area (Å²) in [4.78, 5) is 14.8. The van der Waals surface area contributed by atoms with Crippen LogP contribution < -0.4 is 0 Å². The van der Waals surface area contributed by atoms with Crippen LogP contribution in [-0.4, -0.2) is 33.4 Å². The van der Waals surface area contributed by atoms with Gasteiger partial charge in [0, 0.05) is 12.7 Å². The summed E-state index contributed by atoms with van der Waals surface area (Å²) in [6, 6.07) is 5.42. The highest BCUT2D eigenvalue weighted by Gasteiger charge is 2.08. The lowest BCUT2D eigenvalue weighted by molar-refractivity contribution is 0.149. The van der Waals surface area contributed by atoms with Gasteiger partial charge in [-0.3, -0.25) is 4.98 Å². The molecule has 0 unspecified atom stereocenters. The van der Waals surface area contributed by atoms with Crippen molar-refractivity contribution in [2.24, 2.45) is 5.10 Å². The average molecular weight is 207 g/mol. The molecule has 0 aliphatic heterocycles. The van der Waals surface area contributed by atoms with Gasteiger partial charge in [-0.25, -0.2) is 4.79 Å². The van der Waals surface area contributed by atoms with Crippen LogP contribution in [0.3, 0.4) is 0 Å². The Kier molecular flexibility index (Phi) is 3.79. The maximum absolute atomic E-state index is 10.7. The van der Waals surface area contributed by atoms with E-state index in [1.807, 2.05) is 6.07 Å². The van der Waals surface area contributed by atoms with E-state index in [1.165, 1.54) is 0 Å². The van der Waals surface area contributed by atoms with Crippen molar-refractivity contribution in [3.63, 3.8) is 0 Å². The minimum atomic E-state index is -1.06. The largest absolute Gasteiger partial charge is 0.464 e. The summed E-state index contributed by atoms with van der Waals surface area (Å²) >= 11 is 0. The fraction of sp³-hybridized carbons (Fsp3) is 0.300. The highest BCUT2D eigenvalue weighted by Crippen LogP contribution is 1.99. The summed E-state index contributed by atoms with van der Waals surface area (Å²) in [6.07, 6.45) is 0.582. The second kappa shape index (κ2) is 5.09. The number of carbonyl (C=O) groups is 1. The number of rotatable bonds is 3. The molecule has 0 spiro atoms. The molecule has 1 N–H and O–H groups in total. The Hall–Kier alpha value is -1.91. The van der Waals surface area contributed by atoms with Crippen LogP contribution in [0.4, 0.5) is 4.79 Å². The third-order valence-corrected chi connectivity index (χ3v) is 1.83. The monoisotopic (exact) mass is 207 g/mol. The number of hydrogen-bond acceptors (Lipinski definition) is 3. The molecule has 15 heavy (non-hydrogen) atoms. The molecule has 5 nitrogen and oxygen atoms in total. The number of amides is 1. The molecule has 1 amide bonds. The SMILES string of the molecule is CCN(N=C(C)c1ccccn1)C(=O)O. The minimum Gasteiger partial charge on any atom is -0.464 e. The number of carboxylic acid groups (broad SMARTS) is 1. The quantitative estimate of drug-likeness (QED) is 0.607. The van der Waals surface area contributed by atoms with E-state index in [-0.39, 0.29) is 0 Å². The van der Waals surface area contributed by atoms with Crippen molar-refractivity contribution in [3.05, 3.63) is 30.1 Å². The summed E-state index contributed by atoms with van der Waals surface area (Å²) in [7, 11) is 0. The van der Waals surface area contributed by atoms with Crippen molar-refractivity contribution in [3.8, 4) is 0 Å². The number of aromatic nitrogens is 1. The van der Waals surface area contributed by atoms with Gasteiger partial charge in [-0.15, -0.1) is 0 Å². The molecule has 0 aliphatic carbocycles. The molecular formula is C10H13N3O2. The first kappa shape index (κ1) is 11.2. The van der Waals surface area contributed by atoms with Crippen LogP contribution in [0.1, 0.15) is 19.5 Å². The molecule has 0 aliphatic rings. The lowest BCUT2D eigenvalue weighted by Gasteiger charge is -2.11. The van der Waals surface area contributed by atoms with Crippen LogP contribution in [0, 0.1) is 0 Å². The van der Waals surface area contributed by atoms with Gasteiger partial charge in [0.05, 0.1) is 11.4 Å². The summed E-state index contributed by atoms with van der Waals surface area (Å²) < 4.78 is 0. The second-order valence-electron chi connectivity index (χ2n) is 2.90. The molecular weight excluding hydrogens is 194 g/mol. The van der Waals surface area contributed by atoms with Crippen LogP contribution in [0.5, 0.6) is 0 Å². The van der Waals surface area contributed by atoms with Crippen molar-refractivity contribution in [1.29, 1.82) is 0 Å². The zero-order valence-corrected chi connectivity index (χ0v) is 8.71. The van der Waals surface area contributed by atoms with E-state index in [0.29, 0.717) is 18.0 Å². The lowest BCUT2D eigenvalue weighted by atomic mass is 10.3. The van der Waals surface area contributed by atoms with Gasteiger partial charge in [0.25, 0.3) is 0 Å². The Morgan fingerprint density at radius 2 is 2.33 bits per heavy atom. The maximum Gasteiger partial charge on any atom is 0.427 e. The molecule has 1 aromatic rings. The van der Waals surface area contributed by atoms with Crippen LogP contribution >= 0.6 is 0 Å². The molecule has 1 heterocycles. The third-order valence-electron chi connectivity index (χ3n) is 1.83. The van der Waals surface area contributed by atoms with Crippen molar-refractivity contribution >= 4 is 11.8 Å². The first-order valence-electron chi connectivity index (χ1n) is 4.62. The van der Waals surface area contributed by atoms with Gasteiger partial charge in [0.1, 0.15) is 0 Å². The van der Waals surface area contributed by atoms with E-state index in [1.54, 1.807) is 32.2 Å². The van der Waals surface area contributed by atoms with Gasteiger partial charge in [0.2, 0.25) is 0 Å². The van der Waals surface area contributed by atoms with Crippen LogP contribution in [-0.2, 0) is 0 Å². The van der Waals surface area contributed by atoms with E-state index in [0.717, 1.165) is 5.01 Å². The molecule has 0 aromatic carbocycles. The Balaban J connectivity index is 2.88. The van der Waals surface area contributed by atoms with Crippen LogP contribution in [0.2, 0.25) is 0 Å². The molecule has 0 radical (unpaired) electrons. The molecule has 1 rings (SSSR count). The van der Waals surface area contributed by atoms with Crippen molar-refractivity contribution in [1.82, 2.24) is 9.99 Å². The number of hydrazone groups is 1. The van der Waals surface area contributed by atoms with Gasteiger partial charge in [-0.05, 0) is 26.0 Å². The van der Waals surface area contributed by atoms with Gasteiger partial charge >= 0.3 is 6.09 Å². The summed E-state index contributed by atoms with van der Waals surface area (Å²) in [5.74, 6) is 0.